The molecule has 1 unspecified atom stereocenters. The van der Waals surface area contributed by atoms with E-state index in [-0.39, 0.29) is 11.6 Å². The van der Waals surface area contributed by atoms with Crippen molar-refractivity contribution in [2.45, 2.75) is 45.7 Å². The lowest BCUT2D eigenvalue weighted by Crippen LogP contribution is -2.40. The quantitative estimate of drug-likeness (QED) is 0.888. The van der Waals surface area contributed by atoms with E-state index in [1.54, 1.807) is 6.26 Å². The molecular formula is C11H18BrNO. The van der Waals surface area contributed by atoms with Crippen LogP contribution in [0.15, 0.2) is 21.2 Å². The first-order valence-electron chi connectivity index (χ1n) is 4.97. The summed E-state index contributed by atoms with van der Waals surface area (Å²) in [6.07, 6.45) is 2.80. The molecule has 80 valence electrons. The van der Waals surface area contributed by atoms with E-state index in [1.807, 2.05) is 6.07 Å². The number of nitrogens with one attached hydrogen (secondary N) is 1. The van der Waals surface area contributed by atoms with Gasteiger partial charge in [-0.25, -0.2) is 0 Å². The van der Waals surface area contributed by atoms with Gasteiger partial charge in [0.2, 0.25) is 0 Å². The second kappa shape index (κ2) is 4.49. The van der Waals surface area contributed by atoms with Crippen LogP contribution in [0, 0.1) is 0 Å². The van der Waals surface area contributed by atoms with Crippen molar-refractivity contribution < 1.29 is 4.42 Å². The maximum absolute atomic E-state index is 5.41. The van der Waals surface area contributed by atoms with Gasteiger partial charge in [0.05, 0.1) is 16.8 Å². The smallest absolute Gasteiger partial charge is 0.134 e. The summed E-state index contributed by atoms with van der Waals surface area (Å²) >= 11 is 3.46. The molecule has 1 rings (SSSR count). The predicted molar refractivity (Wildman–Crippen MR) is 62.3 cm³/mol. The predicted octanol–water partition coefficient (Wildman–Crippen LogP) is 3.88. The Morgan fingerprint density at radius 3 is 2.64 bits per heavy atom. The monoisotopic (exact) mass is 259 g/mol. The third kappa shape index (κ3) is 2.85. The largest absolute Gasteiger partial charge is 0.466 e. The highest BCUT2D eigenvalue weighted by Crippen LogP contribution is 2.26. The summed E-state index contributed by atoms with van der Waals surface area (Å²) in [5.74, 6) is 0.964. The van der Waals surface area contributed by atoms with Crippen molar-refractivity contribution >= 4 is 15.9 Å². The summed E-state index contributed by atoms with van der Waals surface area (Å²) in [5, 5.41) is 3.53. The Morgan fingerprint density at radius 2 is 2.21 bits per heavy atom. The van der Waals surface area contributed by atoms with Crippen molar-refractivity contribution in [1.29, 1.82) is 0 Å². The van der Waals surface area contributed by atoms with E-state index in [9.17, 15) is 0 Å². The van der Waals surface area contributed by atoms with Crippen molar-refractivity contribution in [3.63, 3.8) is 0 Å². The van der Waals surface area contributed by atoms with Gasteiger partial charge in [-0.2, -0.15) is 0 Å². The van der Waals surface area contributed by atoms with Gasteiger partial charge in [0.1, 0.15) is 5.76 Å². The van der Waals surface area contributed by atoms with E-state index in [2.05, 4.69) is 48.9 Å². The molecule has 0 aliphatic rings. The van der Waals surface area contributed by atoms with E-state index in [0.717, 1.165) is 16.7 Å². The van der Waals surface area contributed by atoms with Crippen molar-refractivity contribution in [3.8, 4) is 0 Å². The minimum atomic E-state index is 0.144. The van der Waals surface area contributed by atoms with Crippen LogP contribution in [0.2, 0.25) is 0 Å². The van der Waals surface area contributed by atoms with Gasteiger partial charge in [-0.15, -0.1) is 0 Å². The van der Waals surface area contributed by atoms with Gasteiger partial charge < -0.3 is 9.73 Å². The molecule has 0 aromatic carbocycles. The maximum atomic E-state index is 5.41. The number of furan rings is 1. The number of halogens is 1. The summed E-state index contributed by atoms with van der Waals surface area (Å²) in [4.78, 5) is 0. The fourth-order valence-electron chi connectivity index (χ4n) is 1.37. The van der Waals surface area contributed by atoms with Gasteiger partial charge in [0.25, 0.3) is 0 Å². The minimum absolute atomic E-state index is 0.144. The van der Waals surface area contributed by atoms with Crippen LogP contribution in [0.4, 0.5) is 0 Å². The summed E-state index contributed by atoms with van der Waals surface area (Å²) in [5.41, 5.74) is 0.144. The zero-order chi connectivity index (χ0) is 10.8. The van der Waals surface area contributed by atoms with Crippen LogP contribution < -0.4 is 5.32 Å². The van der Waals surface area contributed by atoms with E-state index in [0.29, 0.717) is 0 Å². The molecule has 1 atom stereocenters. The molecule has 1 heterocycles. The van der Waals surface area contributed by atoms with Crippen LogP contribution in [0.1, 0.15) is 45.9 Å². The Hall–Kier alpha value is -0.280. The molecule has 0 bridgehead atoms. The van der Waals surface area contributed by atoms with Gasteiger partial charge in [0, 0.05) is 5.54 Å². The Balaban J connectivity index is 2.68. The van der Waals surface area contributed by atoms with Gasteiger partial charge in [-0.05, 0) is 49.2 Å². The van der Waals surface area contributed by atoms with Gasteiger partial charge in [0.15, 0.2) is 0 Å². The highest BCUT2D eigenvalue weighted by atomic mass is 79.9. The van der Waals surface area contributed by atoms with Gasteiger partial charge in [-0.3, -0.25) is 0 Å². The second-order valence-corrected chi connectivity index (χ2v) is 5.09. The molecule has 0 saturated carbocycles. The average Bonchev–Trinajstić information content (AvgIpc) is 2.51. The van der Waals surface area contributed by atoms with Crippen molar-refractivity contribution in [3.05, 3.63) is 22.6 Å². The van der Waals surface area contributed by atoms with Crippen LogP contribution in [-0.2, 0) is 0 Å². The first kappa shape index (κ1) is 11.8. The minimum Gasteiger partial charge on any atom is -0.466 e. The molecule has 0 spiro atoms. The molecule has 14 heavy (non-hydrogen) atoms. The topological polar surface area (TPSA) is 25.2 Å². The van der Waals surface area contributed by atoms with Crippen LogP contribution in [-0.4, -0.2) is 5.54 Å². The van der Waals surface area contributed by atoms with Crippen LogP contribution >= 0.6 is 15.9 Å². The zero-order valence-electron chi connectivity index (χ0n) is 9.23. The number of hydrogen-bond acceptors (Lipinski definition) is 2. The Labute approximate surface area is 94.2 Å². The Bertz CT molecular complexity index is 293. The third-order valence-corrected chi connectivity index (χ3v) is 3.18. The fraction of sp³-hybridized carbons (Fsp3) is 0.636. The standard InChI is InChI=1S/C11H18BrNO/c1-5-11(3,4)13-8(2)10-9(12)6-7-14-10/h6-8,13H,5H2,1-4H3. The van der Waals surface area contributed by atoms with Gasteiger partial charge >= 0.3 is 0 Å². The molecule has 0 amide bonds. The average molecular weight is 260 g/mol. The highest BCUT2D eigenvalue weighted by Gasteiger charge is 2.21. The molecule has 0 fully saturated rings. The van der Waals surface area contributed by atoms with Crippen LogP contribution in [0.3, 0.4) is 0 Å². The SMILES string of the molecule is CCC(C)(C)NC(C)c1occc1Br. The summed E-state index contributed by atoms with van der Waals surface area (Å²) in [7, 11) is 0. The molecular weight excluding hydrogens is 242 g/mol. The summed E-state index contributed by atoms with van der Waals surface area (Å²) in [6, 6.07) is 2.15. The Kier molecular flexibility index (Phi) is 3.78. The third-order valence-electron chi connectivity index (χ3n) is 2.53. The van der Waals surface area contributed by atoms with Crippen LogP contribution in [0.25, 0.3) is 0 Å². The lowest BCUT2D eigenvalue weighted by atomic mass is 10.0. The molecule has 3 heteroatoms. The lowest BCUT2D eigenvalue weighted by Gasteiger charge is -2.28. The van der Waals surface area contributed by atoms with E-state index in [1.165, 1.54) is 0 Å². The number of rotatable bonds is 4. The maximum Gasteiger partial charge on any atom is 0.134 e. The zero-order valence-corrected chi connectivity index (χ0v) is 10.8. The molecule has 1 aromatic rings. The molecule has 1 N–H and O–H groups in total. The second-order valence-electron chi connectivity index (χ2n) is 4.24. The number of hydrogen-bond donors (Lipinski definition) is 1. The molecule has 0 aliphatic carbocycles. The van der Waals surface area contributed by atoms with Gasteiger partial charge in [-0.1, -0.05) is 6.92 Å². The highest BCUT2D eigenvalue weighted by molar-refractivity contribution is 9.10. The van der Waals surface area contributed by atoms with E-state index >= 15 is 0 Å². The Morgan fingerprint density at radius 1 is 1.57 bits per heavy atom. The van der Waals surface area contributed by atoms with Crippen LogP contribution in [0.5, 0.6) is 0 Å². The van der Waals surface area contributed by atoms with E-state index < -0.39 is 0 Å². The molecule has 0 saturated heterocycles. The van der Waals surface area contributed by atoms with Crippen molar-refractivity contribution in [2.24, 2.45) is 0 Å². The molecule has 0 radical (unpaired) electrons. The lowest BCUT2D eigenvalue weighted by molar-refractivity contribution is 0.308. The first-order chi connectivity index (χ1) is 6.46. The first-order valence-corrected chi connectivity index (χ1v) is 5.76. The van der Waals surface area contributed by atoms with Crippen molar-refractivity contribution in [2.75, 3.05) is 0 Å². The normalized spacial score (nSPS) is 14.4. The van der Waals surface area contributed by atoms with E-state index in [4.69, 9.17) is 4.42 Å². The summed E-state index contributed by atoms with van der Waals surface area (Å²) in [6.45, 7) is 8.68. The molecule has 1 aromatic heterocycles. The molecule has 0 aliphatic heterocycles. The van der Waals surface area contributed by atoms with Crippen molar-refractivity contribution in [1.82, 2.24) is 5.32 Å². The fourth-order valence-corrected chi connectivity index (χ4v) is 1.91. The molecule has 2 nitrogen and oxygen atoms in total. The summed E-state index contributed by atoms with van der Waals surface area (Å²) < 4.78 is 6.44.